The molecule has 27 heavy (non-hydrogen) atoms. The molecular formula is C19H15F3N2O2S. The number of sulfonamides is 1. The Balaban J connectivity index is 1.78. The molecule has 3 aromatic rings. The van der Waals surface area contributed by atoms with E-state index in [9.17, 15) is 21.6 Å². The zero-order valence-corrected chi connectivity index (χ0v) is 14.9. The zero-order chi connectivity index (χ0) is 19.6. The van der Waals surface area contributed by atoms with Gasteiger partial charge in [0, 0.05) is 11.4 Å². The van der Waals surface area contributed by atoms with Crippen molar-refractivity contribution in [3.8, 4) is 0 Å². The van der Waals surface area contributed by atoms with Crippen molar-refractivity contribution in [2.24, 2.45) is 0 Å². The monoisotopic (exact) mass is 392 g/mol. The predicted octanol–water partition coefficient (Wildman–Crippen LogP) is 4.96. The van der Waals surface area contributed by atoms with Gasteiger partial charge in [-0.2, -0.15) is 0 Å². The first-order valence-corrected chi connectivity index (χ1v) is 9.35. The number of hydrogen-bond donors (Lipinski definition) is 2. The Hall–Kier alpha value is -3.00. The average Bonchev–Trinajstić information content (AvgIpc) is 2.62. The smallest absolute Gasteiger partial charge is 0.261 e. The third-order valence-electron chi connectivity index (χ3n) is 3.81. The Morgan fingerprint density at radius 3 is 1.96 bits per heavy atom. The van der Waals surface area contributed by atoms with Crippen LogP contribution in [0.5, 0.6) is 0 Å². The molecule has 0 amide bonds. The number of rotatable bonds is 5. The van der Waals surface area contributed by atoms with Gasteiger partial charge in [-0.25, -0.2) is 21.6 Å². The van der Waals surface area contributed by atoms with Gasteiger partial charge in [-0.15, -0.1) is 0 Å². The Kier molecular flexibility index (Phi) is 5.09. The number of hydrogen-bond acceptors (Lipinski definition) is 3. The van der Waals surface area contributed by atoms with Gasteiger partial charge < -0.3 is 5.32 Å². The van der Waals surface area contributed by atoms with E-state index in [1.807, 2.05) is 0 Å². The maximum atomic E-state index is 13.7. The Labute approximate surface area is 154 Å². The van der Waals surface area contributed by atoms with E-state index >= 15 is 0 Å². The molecule has 0 unspecified atom stereocenters. The summed E-state index contributed by atoms with van der Waals surface area (Å²) >= 11 is 0. The molecule has 0 atom stereocenters. The molecule has 4 nitrogen and oxygen atoms in total. The second-order valence-electron chi connectivity index (χ2n) is 5.82. The second-order valence-corrected chi connectivity index (χ2v) is 7.50. The largest absolute Gasteiger partial charge is 0.351 e. The van der Waals surface area contributed by atoms with Gasteiger partial charge in [0.25, 0.3) is 10.0 Å². The van der Waals surface area contributed by atoms with Gasteiger partial charge in [-0.1, -0.05) is 6.07 Å². The fraction of sp³-hybridized carbons (Fsp3) is 0.0526. The van der Waals surface area contributed by atoms with Crippen LogP contribution < -0.4 is 10.0 Å². The quantitative estimate of drug-likeness (QED) is 0.645. The minimum Gasteiger partial charge on any atom is -0.351 e. The maximum absolute atomic E-state index is 13.7. The fourth-order valence-electron chi connectivity index (χ4n) is 2.38. The van der Waals surface area contributed by atoms with Crippen LogP contribution in [0.15, 0.2) is 65.6 Å². The van der Waals surface area contributed by atoms with E-state index in [1.165, 1.54) is 49.4 Å². The Bertz CT molecular complexity index is 1060. The van der Waals surface area contributed by atoms with Crippen molar-refractivity contribution in [3.05, 3.63) is 83.7 Å². The number of para-hydroxylation sites is 1. The topological polar surface area (TPSA) is 58.2 Å². The van der Waals surface area contributed by atoms with Crippen LogP contribution in [-0.2, 0) is 10.0 Å². The lowest BCUT2D eigenvalue weighted by Crippen LogP contribution is -2.13. The molecule has 0 aliphatic heterocycles. The highest BCUT2D eigenvalue weighted by molar-refractivity contribution is 7.92. The van der Waals surface area contributed by atoms with Crippen molar-refractivity contribution in [3.63, 3.8) is 0 Å². The zero-order valence-electron chi connectivity index (χ0n) is 14.1. The molecule has 0 saturated heterocycles. The molecule has 0 aromatic heterocycles. The fourth-order valence-corrected chi connectivity index (χ4v) is 3.52. The number of nitrogens with one attached hydrogen (secondary N) is 2. The normalized spacial score (nSPS) is 11.3. The van der Waals surface area contributed by atoms with Gasteiger partial charge >= 0.3 is 0 Å². The lowest BCUT2D eigenvalue weighted by atomic mass is 10.2. The van der Waals surface area contributed by atoms with Crippen LogP contribution in [0.4, 0.5) is 30.2 Å². The van der Waals surface area contributed by atoms with Crippen molar-refractivity contribution < 1.29 is 21.6 Å². The molecule has 2 N–H and O–H groups in total. The molecule has 140 valence electrons. The summed E-state index contributed by atoms with van der Waals surface area (Å²) in [6.07, 6.45) is 0. The van der Waals surface area contributed by atoms with Gasteiger partial charge in [0.2, 0.25) is 0 Å². The minimum absolute atomic E-state index is 0.0722. The summed E-state index contributed by atoms with van der Waals surface area (Å²) in [7, 11) is -3.89. The standard InChI is InChI=1S/C19H15F3N2O2S/c1-12-11-15(9-10-16(12)20)27(25,26)24-14-7-5-13(6-8-14)23-19-17(21)3-2-4-18(19)22/h2-11,23-24H,1H3. The molecule has 3 rings (SSSR count). The molecule has 0 fully saturated rings. The molecule has 0 saturated carbocycles. The van der Waals surface area contributed by atoms with Crippen LogP contribution >= 0.6 is 0 Å². The number of benzene rings is 3. The summed E-state index contributed by atoms with van der Waals surface area (Å²) in [4.78, 5) is -0.0722. The number of anilines is 3. The second kappa shape index (κ2) is 7.32. The molecule has 0 aliphatic carbocycles. The lowest BCUT2D eigenvalue weighted by molar-refractivity contribution is 0.590. The van der Waals surface area contributed by atoms with E-state index in [2.05, 4.69) is 10.0 Å². The molecule has 8 heteroatoms. The third kappa shape index (κ3) is 4.22. The molecule has 0 heterocycles. The van der Waals surface area contributed by atoms with Gasteiger partial charge in [-0.05, 0) is 67.1 Å². The molecule has 0 spiro atoms. The number of aryl methyl sites for hydroxylation is 1. The summed E-state index contributed by atoms with van der Waals surface area (Å²) < 4.78 is 67.8. The minimum atomic E-state index is -3.89. The number of halogens is 3. The van der Waals surface area contributed by atoms with E-state index in [-0.39, 0.29) is 21.8 Å². The highest BCUT2D eigenvalue weighted by Gasteiger charge is 2.15. The van der Waals surface area contributed by atoms with Crippen molar-refractivity contribution in [1.29, 1.82) is 0 Å². The van der Waals surface area contributed by atoms with Crippen LogP contribution in [-0.4, -0.2) is 8.42 Å². The van der Waals surface area contributed by atoms with Crippen molar-refractivity contribution in [1.82, 2.24) is 0 Å². The van der Waals surface area contributed by atoms with E-state index in [1.54, 1.807) is 0 Å². The third-order valence-corrected chi connectivity index (χ3v) is 5.19. The van der Waals surface area contributed by atoms with Crippen LogP contribution in [0.1, 0.15) is 5.56 Å². The summed E-state index contributed by atoms with van der Waals surface area (Å²) in [5, 5.41) is 2.61. The molecule has 0 aliphatic rings. The summed E-state index contributed by atoms with van der Waals surface area (Å²) in [6.45, 7) is 1.47. The van der Waals surface area contributed by atoms with Crippen molar-refractivity contribution >= 4 is 27.1 Å². The Morgan fingerprint density at radius 1 is 0.778 bits per heavy atom. The lowest BCUT2D eigenvalue weighted by Gasteiger charge is -2.11. The van der Waals surface area contributed by atoms with Gasteiger partial charge in [0.05, 0.1) is 4.90 Å². The summed E-state index contributed by atoms with van der Waals surface area (Å²) in [5.74, 6) is -1.98. The molecular weight excluding hydrogens is 377 g/mol. The van der Waals surface area contributed by atoms with E-state index in [0.29, 0.717) is 5.69 Å². The maximum Gasteiger partial charge on any atom is 0.261 e. The average molecular weight is 392 g/mol. The summed E-state index contributed by atoms with van der Waals surface area (Å²) in [6, 6.07) is 12.8. The van der Waals surface area contributed by atoms with Gasteiger partial charge in [0.1, 0.15) is 23.1 Å². The van der Waals surface area contributed by atoms with E-state index < -0.39 is 27.5 Å². The first-order valence-electron chi connectivity index (χ1n) is 7.86. The van der Waals surface area contributed by atoms with Crippen LogP contribution in [0.2, 0.25) is 0 Å². The van der Waals surface area contributed by atoms with Crippen molar-refractivity contribution in [2.75, 3.05) is 10.0 Å². The highest BCUT2D eigenvalue weighted by atomic mass is 32.2. The van der Waals surface area contributed by atoms with Gasteiger partial charge in [-0.3, -0.25) is 4.72 Å². The molecule has 0 bridgehead atoms. The van der Waals surface area contributed by atoms with Crippen molar-refractivity contribution in [2.45, 2.75) is 11.8 Å². The Morgan fingerprint density at radius 2 is 1.37 bits per heavy atom. The SMILES string of the molecule is Cc1cc(S(=O)(=O)Nc2ccc(Nc3c(F)cccc3F)cc2)ccc1F. The van der Waals surface area contributed by atoms with E-state index in [4.69, 9.17) is 0 Å². The predicted molar refractivity (Wildman–Crippen MR) is 98.0 cm³/mol. The van der Waals surface area contributed by atoms with Crippen LogP contribution in [0.25, 0.3) is 0 Å². The highest BCUT2D eigenvalue weighted by Crippen LogP contribution is 2.25. The van der Waals surface area contributed by atoms with Gasteiger partial charge in [0.15, 0.2) is 0 Å². The first-order chi connectivity index (χ1) is 12.8. The first kappa shape index (κ1) is 18.8. The summed E-state index contributed by atoms with van der Waals surface area (Å²) in [5.41, 5.74) is 0.535. The molecule has 3 aromatic carbocycles. The van der Waals surface area contributed by atoms with E-state index in [0.717, 1.165) is 18.2 Å². The van der Waals surface area contributed by atoms with Crippen LogP contribution in [0, 0.1) is 24.4 Å². The molecule has 0 radical (unpaired) electrons. The van der Waals surface area contributed by atoms with Crippen LogP contribution in [0.3, 0.4) is 0 Å².